The van der Waals surface area contributed by atoms with Gasteiger partial charge in [-0.1, -0.05) is 30.7 Å². The van der Waals surface area contributed by atoms with Gasteiger partial charge in [-0.2, -0.15) is 8.42 Å². The van der Waals surface area contributed by atoms with Crippen molar-refractivity contribution in [3.05, 3.63) is 42.5 Å². The van der Waals surface area contributed by atoms with E-state index < -0.39 is 10.1 Å². The second-order valence-corrected chi connectivity index (χ2v) is 5.38. The van der Waals surface area contributed by atoms with E-state index in [1.807, 2.05) is 13.8 Å². The fourth-order valence-corrected chi connectivity index (χ4v) is 2.04. The van der Waals surface area contributed by atoms with Gasteiger partial charge in [0.25, 0.3) is 10.1 Å². The molecular formula is C12H16O3S. The van der Waals surface area contributed by atoms with Crippen LogP contribution in [0.3, 0.4) is 0 Å². The minimum atomic E-state index is -3.63. The Bertz CT molecular complexity index is 446. The van der Waals surface area contributed by atoms with Gasteiger partial charge < -0.3 is 0 Å². The van der Waals surface area contributed by atoms with E-state index in [-0.39, 0.29) is 17.4 Å². The molecule has 1 aromatic carbocycles. The Morgan fingerprint density at radius 2 is 1.94 bits per heavy atom. The van der Waals surface area contributed by atoms with E-state index in [1.165, 1.54) is 0 Å². The first-order chi connectivity index (χ1) is 7.45. The Morgan fingerprint density at radius 3 is 2.44 bits per heavy atom. The van der Waals surface area contributed by atoms with E-state index in [0.717, 1.165) is 5.56 Å². The maximum Gasteiger partial charge on any atom is 0.296 e. The molecule has 88 valence electrons. The van der Waals surface area contributed by atoms with Gasteiger partial charge in [0.1, 0.15) is 0 Å². The van der Waals surface area contributed by atoms with Gasteiger partial charge >= 0.3 is 0 Å². The molecule has 16 heavy (non-hydrogen) atoms. The Morgan fingerprint density at radius 1 is 1.38 bits per heavy atom. The van der Waals surface area contributed by atoms with Crippen LogP contribution >= 0.6 is 0 Å². The highest BCUT2D eigenvalue weighted by Crippen LogP contribution is 2.14. The van der Waals surface area contributed by atoms with Crippen molar-refractivity contribution in [2.75, 3.05) is 6.61 Å². The number of hydrogen-bond donors (Lipinski definition) is 0. The summed E-state index contributed by atoms with van der Waals surface area (Å²) in [6, 6.07) is 6.58. The Hall–Kier alpha value is -1.13. The maximum atomic E-state index is 11.7. The molecule has 0 aromatic heterocycles. The predicted octanol–water partition coefficient (Wildman–Crippen LogP) is 2.52. The Kier molecular flexibility index (Phi) is 4.26. The quantitative estimate of drug-likeness (QED) is 0.586. The van der Waals surface area contributed by atoms with Crippen LogP contribution in [0.4, 0.5) is 0 Å². The van der Waals surface area contributed by atoms with Crippen LogP contribution in [0.15, 0.2) is 41.8 Å². The zero-order valence-electron chi connectivity index (χ0n) is 9.51. The highest BCUT2D eigenvalue weighted by atomic mass is 32.2. The molecule has 0 N–H and O–H groups in total. The molecule has 3 nitrogen and oxygen atoms in total. The Labute approximate surface area is 96.9 Å². The van der Waals surface area contributed by atoms with Gasteiger partial charge in [0, 0.05) is 0 Å². The third-order valence-corrected chi connectivity index (χ3v) is 3.49. The predicted molar refractivity (Wildman–Crippen MR) is 63.7 cm³/mol. The molecule has 0 amide bonds. The van der Waals surface area contributed by atoms with Crippen LogP contribution in [0.25, 0.3) is 0 Å². The second-order valence-electron chi connectivity index (χ2n) is 3.76. The molecule has 0 spiro atoms. The summed E-state index contributed by atoms with van der Waals surface area (Å²) < 4.78 is 28.3. The fourth-order valence-electron chi connectivity index (χ4n) is 1.04. The van der Waals surface area contributed by atoms with Crippen molar-refractivity contribution >= 4 is 10.1 Å². The van der Waals surface area contributed by atoms with Gasteiger partial charge in [-0.3, -0.25) is 4.18 Å². The van der Waals surface area contributed by atoms with Crippen LogP contribution in [0.2, 0.25) is 0 Å². The molecule has 0 radical (unpaired) electrons. The lowest BCUT2D eigenvalue weighted by molar-refractivity contribution is 0.288. The molecule has 4 heteroatoms. The lowest BCUT2D eigenvalue weighted by atomic mass is 10.2. The fraction of sp³-hybridized carbons (Fsp3) is 0.333. The summed E-state index contributed by atoms with van der Waals surface area (Å²) in [5, 5.41) is 0. The highest BCUT2D eigenvalue weighted by Gasteiger charge is 2.15. The minimum absolute atomic E-state index is 0.0141. The van der Waals surface area contributed by atoms with E-state index in [9.17, 15) is 8.42 Å². The number of rotatable bonds is 5. The van der Waals surface area contributed by atoms with E-state index in [2.05, 4.69) is 6.58 Å². The lowest BCUT2D eigenvalue weighted by Crippen LogP contribution is -2.11. The number of hydrogen-bond acceptors (Lipinski definition) is 3. The normalized spacial score (nSPS) is 13.4. The van der Waals surface area contributed by atoms with Gasteiger partial charge in [-0.05, 0) is 25.0 Å². The van der Waals surface area contributed by atoms with E-state index in [4.69, 9.17) is 4.18 Å². The Balaban J connectivity index is 2.78. The monoisotopic (exact) mass is 240 g/mol. The third kappa shape index (κ3) is 3.47. The number of aryl methyl sites for hydroxylation is 1. The molecule has 1 rings (SSSR count). The van der Waals surface area contributed by atoms with Crippen molar-refractivity contribution in [3.8, 4) is 0 Å². The molecule has 0 aliphatic rings. The van der Waals surface area contributed by atoms with Crippen LogP contribution in [0.5, 0.6) is 0 Å². The first-order valence-corrected chi connectivity index (χ1v) is 6.45. The molecule has 0 bridgehead atoms. The van der Waals surface area contributed by atoms with Crippen molar-refractivity contribution in [3.63, 3.8) is 0 Å². The molecule has 1 aromatic rings. The largest absolute Gasteiger partial charge is 0.296 e. The molecule has 0 saturated heterocycles. The van der Waals surface area contributed by atoms with Gasteiger partial charge in [0.2, 0.25) is 0 Å². The van der Waals surface area contributed by atoms with Gasteiger partial charge in [0.05, 0.1) is 11.5 Å². The SMILES string of the molecule is C=C[C@@H](C)COS(=O)(=O)c1ccc(C)cc1. The van der Waals surface area contributed by atoms with Crippen molar-refractivity contribution in [2.24, 2.45) is 5.92 Å². The molecule has 0 unspecified atom stereocenters. The summed E-state index contributed by atoms with van der Waals surface area (Å²) in [5.74, 6) is 0.0141. The summed E-state index contributed by atoms with van der Waals surface area (Å²) in [5.41, 5.74) is 1.01. The van der Waals surface area contributed by atoms with Crippen LogP contribution in [0, 0.1) is 12.8 Å². The van der Waals surface area contributed by atoms with Gasteiger partial charge in [0.15, 0.2) is 0 Å². The molecule has 0 aliphatic heterocycles. The van der Waals surface area contributed by atoms with Crippen LogP contribution in [0.1, 0.15) is 12.5 Å². The zero-order chi connectivity index (χ0) is 12.2. The molecule has 0 heterocycles. The van der Waals surface area contributed by atoms with Crippen LogP contribution < -0.4 is 0 Å². The average Bonchev–Trinajstić information content (AvgIpc) is 2.26. The lowest BCUT2D eigenvalue weighted by Gasteiger charge is -2.08. The van der Waals surface area contributed by atoms with Gasteiger partial charge in [-0.25, -0.2) is 0 Å². The summed E-state index contributed by atoms with van der Waals surface area (Å²) in [6.45, 7) is 7.44. The minimum Gasteiger partial charge on any atom is -0.266 e. The van der Waals surface area contributed by atoms with Gasteiger partial charge in [-0.15, -0.1) is 6.58 Å². The van der Waals surface area contributed by atoms with Crippen molar-refractivity contribution < 1.29 is 12.6 Å². The topological polar surface area (TPSA) is 43.4 Å². The first-order valence-electron chi connectivity index (χ1n) is 5.04. The summed E-state index contributed by atoms with van der Waals surface area (Å²) in [7, 11) is -3.63. The van der Waals surface area contributed by atoms with Crippen LogP contribution in [-0.2, 0) is 14.3 Å². The molecule has 1 atom stereocenters. The smallest absolute Gasteiger partial charge is 0.266 e. The zero-order valence-corrected chi connectivity index (χ0v) is 10.3. The third-order valence-electron chi connectivity index (χ3n) is 2.20. The summed E-state index contributed by atoms with van der Waals surface area (Å²) >= 11 is 0. The van der Waals surface area contributed by atoms with Crippen molar-refractivity contribution in [1.82, 2.24) is 0 Å². The molecular weight excluding hydrogens is 224 g/mol. The second kappa shape index (κ2) is 5.27. The standard InChI is InChI=1S/C12H16O3S/c1-4-10(2)9-15-16(13,14)12-7-5-11(3)6-8-12/h4-8,10H,1,9H2,2-3H3/t10-/m1/s1. The average molecular weight is 240 g/mol. The first kappa shape index (κ1) is 12.9. The van der Waals surface area contributed by atoms with E-state index in [0.29, 0.717) is 0 Å². The van der Waals surface area contributed by atoms with Crippen LogP contribution in [-0.4, -0.2) is 15.0 Å². The molecule has 0 fully saturated rings. The maximum absolute atomic E-state index is 11.7. The van der Waals surface area contributed by atoms with E-state index in [1.54, 1.807) is 30.3 Å². The summed E-state index contributed by atoms with van der Waals surface area (Å²) in [4.78, 5) is 0.189. The van der Waals surface area contributed by atoms with Crippen molar-refractivity contribution in [1.29, 1.82) is 0 Å². The molecule has 0 saturated carbocycles. The number of benzene rings is 1. The molecule has 0 aliphatic carbocycles. The highest BCUT2D eigenvalue weighted by molar-refractivity contribution is 7.86. The van der Waals surface area contributed by atoms with Crippen molar-refractivity contribution in [2.45, 2.75) is 18.7 Å². The summed E-state index contributed by atoms with van der Waals surface area (Å²) in [6.07, 6.45) is 1.66. The van der Waals surface area contributed by atoms with E-state index >= 15 is 0 Å².